The zero-order valence-electron chi connectivity index (χ0n) is 10.7. The monoisotopic (exact) mass is 253 g/mol. The van der Waals surface area contributed by atoms with Crippen molar-refractivity contribution in [3.63, 3.8) is 0 Å². The second-order valence-corrected chi connectivity index (χ2v) is 4.03. The molecule has 0 saturated carbocycles. The molecular weight excluding hydrogens is 238 g/mol. The number of benzene rings is 1. The van der Waals surface area contributed by atoms with E-state index in [1.54, 1.807) is 30.7 Å². The normalized spacial score (nSPS) is 10.6. The predicted octanol–water partition coefficient (Wildman–Crippen LogP) is 2.41. The number of nitrogens with one attached hydrogen (secondary N) is 1. The second kappa shape index (κ2) is 6.44. The summed E-state index contributed by atoms with van der Waals surface area (Å²) in [6, 6.07) is 11.3. The molecule has 1 amide bonds. The predicted molar refractivity (Wildman–Crippen MR) is 75.1 cm³/mol. The number of amides is 1. The van der Waals surface area contributed by atoms with E-state index in [9.17, 15) is 4.79 Å². The molecule has 2 rings (SSSR count). The quantitative estimate of drug-likeness (QED) is 0.672. The molecule has 0 aliphatic carbocycles. The molecule has 2 aromatic rings. The van der Waals surface area contributed by atoms with E-state index in [2.05, 4.69) is 28.5 Å². The molecule has 1 N–H and O–H groups in total. The average molecular weight is 253 g/mol. The Morgan fingerprint density at radius 1 is 1.32 bits per heavy atom. The highest BCUT2D eigenvalue weighted by Gasteiger charge is 2.01. The fourth-order valence-electron chi connectivity index (χ4n) is 1.63. The first-order valence-electron chi connectivity index (χ1n) is 6.12. The van der Waals surface area contributed by atoms with Crippen molar-refractivity contribution >= 4 is 12.1 Å². The number of aromatic nitrogens is 1. The minimum Gasteiger partial charge on any atom is -0.267 e. The van der Waals surface area contributed by atoms with Crippen LogP contribution in [0.15, 0.2) is 53.9 Å². The van der Waals surface area contributed by atoms with Crippen molar-refractivity contribution < 1.29 is 4.79 Å². The van der Waals surface area contributed by atoms with Crippen molar-refractivity contribution in [2.24, 2.45) is 5.10 Å². The third kappa shape index (κ3) is 3.74. The number of carbonyl (C=O) groups is 1. The van der Waals surface area contributed by atoms with Crippen LogP contribution in [0.3, 0.4) is 0 Å². The maximum Gasteiger partial charge on any atom is 0.271 e. The number of carbonyl (C=O) groups excluding carboxylic acids is 1. The van der Waals surface area contributed by atoms with Gasteiger partial charge in [-0.1, -0.05) is 31.2 Å². The summed E-state index contributed by atoms with van der Waals surface area (Å²) in [5, 5.41) is 3.95. The van der Waals surface area contributed by atoms with Crippen molar-refractivity contribution in [3.05, 3.63) is 65.5 Å². The van der Waals surface area contributed by atoms with Crippen molar-refractivity contribution in [3.8, 4) is 0 Å². The van der Waals surface area contributed by atoms with E-state index in [1.165, 1.54) is 5.56 Å². The lowest BCUT2D eigenvalue weighted by molar-refractivity contribution is 0.0955. The summed E-state index contributed by atoms with van der Waals surface area (Å²) in [5.41, 5.74) is 5.23. The maximum atomic E-state index is 11.7. The topological polar surface area (TPSA) is 54.4 Å². The fourth-order valence-corrected chi connectivity index (χ4v) is 1.63. The van der Waals surface area contributed by atoms with Gasteiger partial charge >= 0.3 is 0 Å². The highest BCUT2D eigenvalue weighted by atomic mass is 16.2. The molecular formula is C15H15N3O. The lowest BCUT2D eigenvalue weighted by Gasteiger charge is -2.00. The van der Waals surface area contributed by atoms with Crippen molar-refractivity contribution in [1.29, 1.82) is 0 Å². The van der Waals surface area contributed by atoms with E-state index >= 15 is 0 Å². The summed E-state index contributed by atoms with van der Waals surface area (Å²) in [7, 11) is 0. The van der Waals surface area contributed by atoms with Crippen LogP contribution in [0.2, 0.25) is 0 Å². The Hall–Kier alpha value is -2.49. The summed E-state index contributed by atoms with van der Waals surface area (Å²) in [6.07, 6.45) is 5.76. The summed E-state index contributed by atoms with van der Waals surface area (Å²) in [4.78, 5) is 15.6. The molecule has 0 aliphatic rings. The van der Waals surface area contributed by atoms with E-state index in [0.29, 0.717) is 5.56 Å². The van der Waals surface area contributed by atoms with Gasteiger partial charge in [-0.2, -0.15) is 5.10 Å². The Morgan fingerprint density at radius 2 is 2.11 bits per heavy atom. The first kappa shape index (κ1) is 13.0. The van der Waals surface area contributed by atoms with Gasteiger partial charge in [0.25, 0.3) is 5.91 Å². The zero-order valence-corrected chi connectivity index (χ0v) is 10.7. The Bertz CT molecular complexity index is 579. The van der Waals surface area contributed by atoms with Gasteiger partial charge in [0.05, 0.1) is 6.21 Å². The van der Waals surface area contributed by atoms with E-state index in [4.69, 9.17) is 0 Å². The molecule has 4 nitrogen and oxygen atoms in total. The summed E-state index contributed by atoms with van der Waals surface area (Å²) >= 11 is 0. The van der Waals surface area contributed by atoms with Crippen LogP contribution in [-0.2, 0) is 6.42 Å². The molecule has 0 radical (unpaired) electrons. The first-order valence-corrected chi connectivity index (χ1v) is 6.12. The van der Waals surface area contributed by atoms with Crippen LogP contribution >= 0.6 is 0 Å². The third-order valence-electron chi connectivity index (χ3n) is 2.68. The Kier molecular flexibility index (Phi) is 4.39. The van der Waals surface area contributed by atoms with E-state index in [1.807, 2.05) is 18.2 Å². The van der Waals surface area contributed by atoms with E-state index < -0.39 is 0 Å². The number of aryl methyl sites for hydroxylation is 1. The van der Waals surface area contributed by atoms with Crippen LogP contribution in [0.1, 0.15) is 28.4 Å². The number of nitrogens with zero attached hydrogens (tertiary/aromatic N) is 2. The van der Waals surface area contributed by atoms with Crippen LogP contribution in [0.4, 0.5) is 0 Å². The molecule has 1 heterocycles. The summed E-state index contributed by atoms with van der Waals surface area (Å²) in [6.45, 7) is 2.10. The maximum absolute atomic E-state index is 11.7. The number of hydrogen-bond acceptors (Lipinski definition) is 3. The van der Waals surface area contributed by atoms with Crippen molar-refractivity contribution in [2.45, 2.75) is 13.3 Å². The highest BCUT2D eigenvalue weighted by Crippen LogP contribution is 2.03. The van der Waals surface area contributed by atoms with Gasteiger partial charge in [0, 0.05) is 18.0 Å². The van der Waals surface area contributed by atoms with Gasteiger partial charge in [-0.3, -0.25) is 9.78 Å². The number of hydrazone groups is 1. The summed E-state index contributed by atoms with van der Waals surface area (Å²) in [5.74, 6) is -0.245. The minimum atomic E-state index is -0.245. The Balaban J connectivity index is 1.98. The molecule has 0 fully saturated rings. The van der Waals surface area contributed by atoms with E-state index in [0.717, 1.165) is 12.0 Å². The molecule has 0 bridgehead atoms. The summed E-state index contributed by atoms with van der Waals surface area (Å²) < 4.78 is 0. The Labute approximate surface area is 112 Å². The van der Waals surface area contributed by atoms with Gasteiger partial charge in [-0.25, -0.2) is 5.43 Å². The second-order valence-electron chi connectivity index (χ2n) is 4.03. The van der Waals surface area contributed by atoms with Crippen molar-refractivity contribution in [1.82, 2.24) is 10.4 Å². The van der Waals surface area contributed by atoms with Crippen LogP contribution in [-0.4, -0.2) is 17.1 Å². The largest absolute Gasteiger partial charge is 0.271 e. The van der Waals surface area contributed by atoms with Gasteiger partial charge in [0.2, 0.25) is 0 Å². The van der Waals surface area contributed by atoms with Gasteiger partial charge in [0.15, 0.2) is 0 Å². The van der Waals surface area contributed by atoms with Crippen molar-refractivity contribution in [2.75, 3.05) is 0 Å². The Morgan fingerprint density at radius 3 is 2.84 bits per heavy atom. The lowest BCUT2D eigenvalue weighted by Crippen LogP contribution is -2.17. The van der Waals surface area contributed by atoms with Gasteiger partial charge in [-0.05, 0) is 29.7 Å². The van der Waals surface area contributed by atoms with Crippen LogP contribution in [0, 0.1) is 0 Å². The number of hydrogen-bond donors (Lipinski definition) is 1. The fraction of sp³-hybridized carbons (Fsp3) is 0.133. The molecule has 4 heteroatoms. The highest BCUT2D eigenvalue weighted by molar-refractivity contribution is 5.94. The number of pyridine rings is 1. The molecule has 0 aliphatic heterocycles. The third-order valence-corrected chi connectivity index (χ3v) is 2.68. The minimum absolute atomic E-state index is 0.245. The molecule has 0 saturated heterocycles. The number of rotatable bonds is 4. The van der Waals surface area contributed by atoms with E-state index in [-0.39, 0.29) is 5.91 Å². The first-order chi connectivity index (χ1) is 9.29. The molecule has 1 aromatic carbocycles. The zero-order chi connectivity index (χ0) is 13.5. The molecule has 0 spiro atoms. The van der Waals surface area contributed by atoms with Gasteiger partial charge < -0.3 is 0 Å². The average Bonchev–Trinajstić information content (AvgIpc) is 2.48. The van der Waals surface area contributed by atoms with Crippen LogP contribution < -0.4 is 5.43 Å². The smallest absolute Gasteiger partial charge is 0.267 e. The molecule has 1 aromatic heterocycles. The van der Waals surface area contributed by atoms with Gasteiger partial charge in [-0.15, -0.1) is 0 Å². The SMILES string of the molecule is CCc1cccc(/C=N/NC(=O)c2ccncc2)c1. The lowest BCUT2D eigenvalue weighted by atomic mass is 10.1. The van der Waals surface area contributed by atoms with Crippen LogP contribution in [0.5, 0.6) is 0 Å². The van der Waals surface area contributed by atoms with Gasteiger partial charge in [0.1, 0.15) is 0 Å². The molecule has 96 valence electrons. The molecule has 0 unspecified atom stereocenters. The molecule has 0 atom stereocenters. The standard InChI is InChI=1S/C15H15N3O/c1-2-12-4-3-5-13(10-12)11-17-18-15(19)14-6-8-16-9-7-14/h3-11H,2H2,1H3,(H,18,19)/b17-11+. The van der Waals surface area contributed by atoms with Crippen LogP contribution in [0.25, 0.3) is 0 Å². The molecule has 19 heavy (non-hydrogen) atoms.